The number of rotatable bonds is 6. The maximum absolute atomic E-state index is 6.10. The maximum atomic E-state index is 6.10. The molecule has 0 spiro atoms. The number of nitrogens with zero attached hydrogens (tertiary/aromatic N) is 1. The predicted molar refractivity (Wildman–Crippen MR) is 85.1 cm³/mol. The summed E-state index contributed by atoms with van der Waals surface area (Å²) in [7, 11) is 0. The number of halogens is 2. The van der Waals surface area contributed by atoms with Crippen LogP contribution in [-0.2, 0) is 0 Å². The third-order valence-electron chi connectivity index (χ3n) is 3.78. The Hall–Kier alpha value is -0.480. The number of nitrogens with one attached hydrogen (secondary N) is 1. The topological polar surface area (TPSA) is 24.5 Å². The first kappa shape index (κ1) is 15.9. The van der Waals surface area contributed by atoms with E-state index in [-0.39, 0.29) is 0 Å². The molecular weight excluding hydrogens is 295 g/mol. The molecule has 3 nitrogen and oxygen atoms in total. The van der Waals surface area contributed by atoms with Gasteiger partial charge in [0.25, 0.3) is 0 Å². The van der Waals surface area contributed by atoms with Gasteiger partial charge in [-0.25, -0.2) is 0 Å². The molecule has 0 saturated carbocycles. The van der Waals surface area contributed by atoms with Gasteiger partial charge in [0.05, 0.1) is 10.0 Å². The monoisotopic (exact) mass is 316 g/mol. The van der Waals surface area contributed by atoms with Gasteiger partial charge in [0, 0.05) is 12.6 Å². The molecule has 0 bridgehead atoms. The molecule has 1 N–H and O–H groups in total. The van der Waals surface area contributed by atoms with E-state index in [4.69, 9.17) is 27.9 Å². The van der Waals surface area contributed by atoms with Crippen LogP contribution in [0.15, 0.2) is 18.2 Å². The zero-order valence-corrected chi connectivity index (χ0v) is 13.4. The summed E-state index contributed by atoms with van der Waals surface area (Å²) in [5.74, 6) is 0.595. The van der Waals surface area contributed by atoms with Crippen LogP contribution in [-0.4, -0.2) is 43.7 Å². The van der Waals surface area contributed by atoms with Gasteiger partial charge >= 0.3 is 0 Å². The van der Waals surface area contributed by atoms with Gasteiger partial charge in [-0.2, -0.15) is 0 Å². The summed E-state index contributed by atoms with van der Waals surface area (Å²) in [6, 6.07) is 6.08. The van der Waals surface area contributed by atoms with E-state index in [1.54, 1.807) is 12.1 Å². The highest BCUT2D eigenvalue weighted by molar-refractivity contribution is 6.37. The zero-order chi connectivity index (χ0) is 14.4. The Balaban J connectivity index is 1.84. The summed E-state index contributed by atoms with van der Waals surface area (Å²) in [4.78, 5) is 2.48. The second kappa shape index (κ2) is 8.08. The van der Waals surface area contributed by atoms with Crippen molar-refractivity contribution in [3.8, 4) is 5.75 Å². The molecule has 112 valence electrons. The van der Waals surface area contributed by atoms with Crippen LogP contribution in [0.3, 0.4) is 0 Å². The first-order chi connectivity index (χ1) is 9.72. The van der Waals surface area contributed by atoms with Crippen LogP contribution in [0, 0.1) is 0 Å². The fourth-order valence-corrected chi connectivity index (χ4v) is 3.16. The molecule has 1 aliphatic rings. The van der Waals surface area contributed by atoms with E-state index in [2.05, 4.69) is 17.1 Å². The lowest BCUT2D eigenvalue weighted by atomic mass is 10.1. The Morgan fingerprint density at radius 1 is 1.25 bits per heavy atom. The first-order valence-electron chi connectivity index (χ1n) is 7.24. The van der Waals surface area contributed by atoms with E-state index in [0.29, 0.717) is 28.4 Å². The van der Waals surface area contributed by atoms with Gasteiger partial charge in [0.1, 0.15) is 6.61 Å². The highest BCUT2D eigenvalue weighted by Crippen LogP contribution is 2.32. The lowest BCUT2D eigenvalue weighted by Crippen LogP contribution is -2.44. The molecule has 2 rings (SSSR count). The predicted octanol–water partition coefficient (Wildman–Crippen LogP) is 3.45. The average molecular weight is 317 g/mol. The molecule has 1 fully saturated rings. The number of piperidine rings is 1. The van der Waals surface area contributed by atoms with Crippen molar-refractivity contribution >= 4 is 23.2 Å². The fourth-order valence-electron chi connectivity index (χ4n) is 2.66. The Morgan fingerprint density at radius 2 is 1.90 bits per heavy atom. The van der Waals surface area contributed by atoms with Gasteiger partial charge in [0.15, 0.2) is 5.75 Å². The van der Waals surface area contributed by atoms with Crippen LogP contribution in [0.5, 0.6) is 5.75 Å². The van der Waals surface area contributed by atoms with E-state index >= 15 is 0 Å². The summed E-state index contributed by atoms with van der Waals surface area (Å²) in [6.45, 7) is 6.98. The Bertz CT molecular complexity index is 402. The molecule has 0 amide bonds. The largest absolute Gasteiger partial charge is 0.489 e. The quantitative estimate of drug-likeness (QED) is 0.870. The van der Waals surface area contributed by atoms with Gasteiger partial charge in [-0.15, -0.1) is 0 Å². The Kier molecular flexibility index (Phi) is 6.43. The van der Waals surface area contributed by atoms with Crippen LogP contribution >= 0.6 is 23.2 Å². The summed E-state index contributed by atoms with van der Waals surface area (Å²) in [5, 5.41) is 4.54. The van der Waals surface area contributed by atoms with E-state index in [0.717, 1.165) is 26.2 Å². The second-order valence-corrected chi connectivity index (χ2v) is 5.82. The number of likely N-dealkylation sites (N-methyl/N-ethyl adjacent to an activating group) is 1. The third-order valence-corrected chi connectivity index (χ3v) is 4.37. The van der Waals surface area contributed by atoms with E-state index in [9.17, 15) is 0 Å². The first-order valence-corrected chi connectivity index (χ1v) is 7.99. The van der Waals surface area contributed by atoms with Crippen molar-refractivity contribution in [1.29, 1.82) is 0 Å². The van der Waals surface area contributed by atoms with Crippen molar-refractivity contribution in [1.82, 2.24) is 10.2 Å². The maximum Gasteiger partial charge on any atom is 0.156 e. The molecule has 0 radical (unpaired) electrons. The summed E-state index contributed by atoms with van der Waals surface area (Å²) in [5.41, 5.74) is 0. The summed E-state index contributed by atoms with van der Waals surface area (Å²) >= 11 is 12.2. The number of hydrogen-bond acceptors (Lipinski definition) is 3. The second-order valence-electron chi connectivity index (χ2n) is 5.01. The van der Waals surface area contributed by atoms with Gasteiger partial charge < -0.3 is 10.1 Å². The highest BCUT2D eigenvalue weighted by Gasteiger charge is 2.19. The molecule has 0 unspecified atom stereocenters. The minimum absolute atomic E-state index is 0.572. The normalized spacial score (nSPS) is 16.6. The third kappa shape index (κ3) is 4.26. The SMILES string of the molecule is CCN(CCOc1c(Cl)cccc1Cl)C1CCNCC1. The fraction of sp³-hybridized carbons (Fsp3) is 0.600. The molecule has 1 aliphatic heterocycles. The van der Waals surface area contributed by atoms with Crippen LogP contribution in [0.25, 0.3) is 0 Å². The standard InChI is InChI=1S/C15H22Cl2N2O/c1-2-19(12-6-8-18-9-7-12)10-11-20-15-13(16)4-3-5-14(15)17/h3-5,12,18H,2,6-11H2,1H3. The molecule has 0 aliphatic carbocycles. The Labute approximate surface area is 131 Å². The number of para-hydroxylation sites is 1. The molecule has 0 atom stereocenters. The minimum Gasteiger partial charge on any atom is -0.489 e. The summed E-state index contributed by atoms with van der Waals surface area (Å²) in [6.07, 6.45) is 2.42. The van der Waals surface area contributed by atoms with Crippen LogP contribution in [0.4, 0.5) is 0 Å². The smallest absolute Gasteiger partial charge is 0.156 e. The van der Waals surface area contributed by atoms with Crippen LogP contribution in [0.1, 0.15) is 19.8 Å². The lowest BCUT2D eigenvalue weighted by Gasteiger charge is -2.33. The molecule has 1 saturated heterocycles. The van der Waals surface area contributed by atoms with Gasteiger partial charge in [-0.05, 0) is 44.6 Å². The van der Waals surface area contributed by atoms with Crippen molar-refractivity contribution in [2.45, 2.75) is 25.8 Å². The van der Waals surface area contributed by atoms with Crippen molar-refractivity contribution in [2.75, 3.05) is 32.8 Å². The highest BCUT2D eigenvalue weighted by atomic mass is 35.5. The molecule has 1 heterocycles. The Morgan fingerprint density at radius 3 is 2.50 bits per heavy atom. The van der Waals surface area contributed by atoms with E-state index in [1.165, 1.54) is 12.8 Å². The van der Waals surface area contributed by atoms with Gasteiger partial charge in [-0.1, -0.05) is 36.2 Å². The summed E-state index contributed by atoms with van der Waals surface area (Å²) < 4.78 is 5.77. The van der Waals surface area contributed by atoms with Crippen molar-refractivity contribution in [3.05, 3.63) is 28.2 Å². The minimum atomic E-state index is 0.572. The molecular formula is C15H22Cl2N2O. The molecule has 5 heteroatoms. The number of hydrogen-bond donors (Lipinski definition) is 1. The molecule has 1 aromatic carbocycles. The van der Waals surface area contributed by atoms with Crippen molar-refractivity contribution in [2.24, 2.45) is 0 Å². The zero-order valence-electron chi connectivity index (χ0n) is 11.9. The number of benzene rings is 1. The average Bonchev–Trinajstić information content (AvgIpc) is 2.47. The van der Waals surface area contributed by atoms with Crippen LogP contribution < -0.4 is 10.1 Å². The number of ether oxygens (including phenoxy) is 1. The van der Waals surface area contributed by atoms with Crippen LogP contribution in [0.2, 0.25) is 10.0 Å². The van der Waals surface area contributed by atoms with Gasteiger partial charge in [0.2, 0.25) is 0 Å². The molecule has 1 aromatic rings. The van der Waals surface area contributed by atoms with Gasteiger partial charge in [-0.3, -0.25) is 4.90 Å². The molecule has 20 heavy (non-hydrogen) atoms. The van der Waals surface area contributed by atoms with Crippen molar-refractivity contribution in [3.63, 3.8) is 0 Å². The van der Waals surface area contributed by atoms with Crippen molar-refractivity contribution < 1.29 is 4.74 Å². The van der Waals surface area contributed by atoms with E-state index in [1.807, 2.05) is 6.07 Å². The lowest BCUT2D eigenvalue weighted by molar-refractivity contribution is 0.141. The molecule has 0 aromatic heterocycles. The van der Waals surface area contributed by atoms with E-state index < -0.39 is 0 Å².